The molecule has 0 spiro atoms. The van der Waals surface area contributed by atoms with E-state index in [4.69, 9.17) is 9.26 Å². The zero-order valence-electron chi connectivity index (χ0n) is 15.9. The van der Waals surface area contributed by atoms with Crippen LogP contribution in [-0.2, 0) is 13.1 Å². The maximum absolute atomic E-state index is 5.53. The molecule has 1 aromatic heterocycles. The zero-order valence-corrected chi connectivity index (χ0v) is 18.2. The highest BCUT2D eigenvalue weighted by Crippen LogP contribution is 2.15. The smallest absolute Gasteiger partial charge is 0.191 e. The maximum Gasteiger partial charge on any atom is 0.191 e. The summed E-state index contributed by atoms with van der Waals surface area (Å²) in [7, 11) is 0. The van der Waals surface area contributed by atoms with E-state index in [2.05, 4.69) is 34.6 Å². The molecule has 0 atom stereocenters. The summed E-state index contributed by atoms with van der Waals surface area (Å²) in [6, 6.07) is 9.98. The van der Waals surface area contributed by atoms with Crippen LogP contribution in [-0.4, -0.2) is 24.3 Å². The lowest BCUT2D eigenvalue weighted by molar-refractivity contribution is 0.340. The van der Waals surface area contributed by atoms with Gasteiger partial charge in [-0.25, -0.2) is 4.99 Å². The Morgan fingerprint density at radius 3 is 2.69 bits per heavy atom. The summed E-state index contributed by atoms with van der Waals surface area (Å²) in [6.07, 6.45) is 0. The maximum atomic E-state index is 5.53. The second-order valence-electron chi connectivity index (χ2n) is 6.00. The summed E-state index contributed by atoms with van der Waals surface area (Å²) >= 11 is 0. The molecule has 2 aromatic rings. The third-order valence-electron chi connectivity index (χ3n) is 3.57. The molecule has 0 aliphatic carbocycles. The van der Waals surface area contributed by atoms with Gasteiger partial charge >= 0.3 is 0 Å². The number of halogens is 1. The van der Waals surface area contributed by atoms with Crippen LogP contribution in [0.1, 0.15) is 50.6 Å². The molecule has 0 saturated heterocycles. The molecule has 0 unspecified atom stereocenters. The van der Waals surface area contributed by atoms with Gasteiger partial charge in [0.15, 0.2) is 11.7 Å². The van der Waals surface area contributed by atoms with E-state index >= 15 is 0 Å². The molecule has 0 aliphatic rings. The molecule has 26 heavy (non-hydrogen) atoms. The van der Waals surface area contributed by atoms with E-state index in [9.17, 15) is 0 Å². The molecule has 0 fully saturated rings. The molecule has 2 N–H and O–H groups in total. The van der Waals surface area contributed by atoms with Crippen molar-refractivity contribution >= 4 is 29.9 Å². The van der Waals surface area contributed by atoms with E-state index in [1.54, 1.807) is 0 Å². The van der Waals surface area contributed by atoms with Crippen molar-refractivity contribution in [2.75, 3.05) is 13.2 Å². The van der Waals surface area contributed by atoms with E-state index in [-0.39, 0.29) is 24.0 Å². The number of guanidine groups is 1. The van der Waals surface area contributed by atoms with Crippen molar-refractivity contribution < 1.29 is 9.26 Å². The predicted molar refractivity (Wildman–Crippen MR) is 115 cm³/mol. The van der Waals surface area contributed by atoms with E-state index in [1.807, 2.05) is 44.2 Å². The van der Waals surface area contributed by atoms with Gasteiger partial charge in [-0.2, -0.15) is 0 Å². The van der Waals surface area contributed by atoms with Gasteiger partial charge in [-0.1, -0.05) is 31.1 Å². The summed E-state index contributed by atoms with van der Waals surface area (Å²) in [6.45, 7) is 10.8. The molecule has 0 radical (unpaired) electrons. The number of nitrogens with one attached hydrogen (secondary N) is 2. The minimum absolute atomic E-state index is 0. The van der Waals surface area contributed by atoms with E-state index in [1.165, 1.54) is 0 Å². The molecule has 6 nitrogen and oxygen atoms in total. The van der Waals surface area contributed by atoms with E-state index < -0.39 is 0 Å². The number of aromatic nitrogens is 1. The quantitative estimate of drug-likeness (QED) is 0.345. The first-order chi connectivity index (χ1) is 12.1. The monoisotopic (exact) mass is 472 g/mol. The number of hydrogen-bond donors (Lipinski definition) is 2. The number of nitrogens with zero attached hydrogens (tertiary/aromatic N) is 2. The topological polar surface area (TPSA) is 71.7 Å². The number of aliphatic imine (C=N–C) groups is 1. The van der Waals surface area contributed by atoms with Crippen LogP contribution in [0.4, 0.5) is 0 Å². The molecular formula is C19H29IN4O2. The van der Waals surface area contributed by atoms with Crippen molar-refractivity contribution in [2.45, 2.75) is 46.7 Å². The summed E-state index contributed by atoms with van der Waals surface area (Å²) < 4.78 is 10.9. The Labute approximate surface area is 172 Å². The molecule has 1 aromatic carbocycles. The second-order valence-corrected chi connectivity index (χ2v) is 6.00. The molecule has 0 amide bonds. The Hall–Kier alpha value is -1.77. The van der Waals surface area contributed by atoms with Gasteiger partial charge in [0.1, 0.15) is 5.75 Å². The first-order valence-electron chi connectivity index (χ1n) is 8.81. The molecule has 1 heterocycles. The number of benzene rings is 1. The fourth-order valence-electron chi connectivity index (χ4n) is 2.27. The Bertz CT molecular complexity index is 686. The van der Waals surface area contributed by atoms with Crippen LogP contribution in [0.2, 0.25) is 0 Å². The molecule has 0 bridgehead atoms. The van der Waals surface area contributed by atoms with Crippen molar-refractivity contribution in [2.24, 2.45) is 4.99 Å². The Kier molecular flexibility index (Phi) is 10.1. The highest BCUT2D eigenvalue weighted by Gasteiger charge is 2.08. The number of rotatable bonds is 8. The Balaban J connectivity index is 0.00000338. The highest BCUT2D eigenvalue weighted by atomic mass is 127. The lowest BCUT2D eigenvalue weighted by Crippen LogP contribution is -2.36. The molecular weight excluding hydrogens is 443 g/mol. The van der Waals surface area contributed by atoms with E-state index in [0.29, 0.717) is 25.6 Å². The van der Waals surface area contributed by atoms with Crippen LogP contribution >= 0.6 is 24.0 Å². The SMILES string of the molecule is CCNC(=NCc1cccc(OCC)c1)NCc1cc(C(C)C)no1.I. The number of ether oxygens (including phenoxy) is 1. The van der Waals surface area contributed by atoms with Gasteiger partial charge in [0.2, 0.25) is 0 Å². The van der Waals surface area contributed by atoms with Gasteiger partial charge in [-0.05, 0) is 37.5 Å². The molecule has 2 rings (SSSR count). The third kappa shape index (κ3) is 7.23. The Morgan fingerprint density at radius 2 is 2.04 bits per heavy atom. The average molecular weight is 472 g/mol. The summed E-state index contributed by atoms with van der Waals surface area (Å²) in [4.78, 5) is 4.62. The predicted octanol–water partition coefficient (Wildman–Crippen LogP) is 4.07. The van der Waals surface area contributed by atoms with Crippen LogP contribution in [0.5, 0.6) is 5.75 Å². The normalized spacial score (nSPS) is 11.2. The molecule has 7 heteroatoms. The largest absolute Gasteiger partial charge is 0.494 e. The van der Waals surface area contributed by atoms with Crippen LogP contribution in [0, 0.1) is 0 Å². The van der Waals surface area contributed by atoms with Crippen molar-refractivity contribution in [3.63, 3.8) is 0 Å². The van der Waals surface area contributed by atoms with Crippen molar-refractivity contribution in [1.29, 1.82) is 0 Å². The first kappa shape index (κ1) is 22.3. The first-order valence-corrected chi connectivity index (χ1v) is 8.81. The van der Waals surface area contributed by atoms with Crippen LogP contribution in [0.3, 0.4) is 0 Å². The van der Waals surface area contributed by atoms with Gasteiger partial charge in [0, 0.05) is 12.6 Å². The van der Waals surface area contributed by atoms with Crippen molar-refractivity contribution in [3.8, 4) is 5.75 Å². The van der Waals surface area contributed by atoms with Crippen LogP contribution < -0.4 is 15.4 Å². The lowest BCUT2D eigenvalue weighted by Gasteiger charge is -2.10. The van der Waals surface area contributed by atoms with Gasteiger partial charge in [-0.3, -0.25) is 0 Å². The van der Waals surface area contributed by atoms with Gasteiger partial charge in [0.25, 0.3) is 0 Å². The molecule has 0 aliphatic heterocycles. The average Bonchev–Trinajstić information content (AvgIpc) is 3.07. The lowest BCUT2D eigenvalue weighted by atomic mass is 10.1. The van der Waals surface area contributed by atoms with Gasteiger partial charge in [-0.15, -0.1) is 24.0 Å². The van der Waals surface area contributed by atoms with Crippen molar-refractivity contribution in [3.05, 3.63) is 47.3 Å². The summed E-state index contributed by atoms with van der Waals surface area (Å²) in [5, 5.41) is 10.6. The van der Waals surface area contributed by atoms with E-state index in [0.717, 1.165) is 35.3 Å². The van der Waals surface area contributed by atoms with Crippen molar-refractivity contribution in [1.82, 2.24) is 15.8 Å². The summed E-state index contributed by atoms with van der Waals surface area (Å²) in [5.74, 6) is 2.77. The second kappa shape index (κ2) is 11.8. The molecule has 144 valence electrons. The zero-order chi connectivity index (χ0) is 18.1. The van der Waals surface area contributed by atoms with Gasteiger partial charge in [0.05, 0.1) is 25.4 Å². The van der Waals surface area contributed by atoms with Gasteiger partial charge < -0.3 is 19.9 Å². The van der Waals surface area contributed by atoms with Crippen LogP contribution in [0.15, 0.2) is 39.8 Å². The summed E-state index contributed by atoms with van der Waals surface area (Å²) in [5.41, 5.74) is 2.07. The number of hydrogen-bond acceptors (Lipinski definition) is 4. The minimum Gasteiger partial charge on any atom is -0.494 e. The highest BCUT2D eigenvalue weighted by molar-refractivity contribution is 14.0. The Morgan fingerprint density at radius 1 is 1.23 bits per heavy atom. The molecule has 0 saturated carbocycles. The minimum atomic E-state index is 0. The third-order valence-corrected chi connectivity index (χ3v) is 3.57. The van der Waals surface area contributed by atoms with Crippen LogP contribution in [0.25, 0.3) is 0 Å². The fraction of sp³-hybridized carbons (Fsp3) is 0.474. The fourth-order valence-corrected chi connectivity index (χ4v) is 2.27. The standard InChI is InChI=1S/C19H28N4O2.HI/c1-5-20-19(22-13-17-11-18(14(3)4)23-25-17)21-12-15-8-7-9-16(10-15)24-6-2;/h7-11,14H,5-6,12-13H2,1-4H3,(H2,20,21,22);1H.